The third-order valence-electron chi connectivity index (χ3n) is 4.85. The van der Waals surface area contributed by atoms with Crippen LogP contribution in [0.2, 0.25) is 0 Å². The molecule has 4 aromatic rings. The van der Waals surface area contributed by atoms with Crippen LogP contribution in [0.15, 0.2) is 97.1 Å². The molecule has 0 amide bonds. The molecule has 1 aliphatic rings. The van der Waals surface area contributed by atoms with Crippen molar-refractivity contribution in [1.82, 2.24) is 0 Å². The van der Waals surface area contributed by atoms with Gasteiger partial charge in [0.25, 0.3) is 0 Å². The van der Waals surface area contributed by atoms with Crippen LogP contribution >= 0.6 is 25.1 Å². The van der Waals surface area contributed by atoms with E-state index in [1.807, 2.05) is 12.1 Å². The predicted molar refractivity (Wildman–Crippen MR) is 127 cm³/mol. The molecule has 4 heteroatoms. The summed E-state index contributed by atoms with van der Waals surface area (Å²) in [6.07, 6.45) is 0. The van der Waals surface area contributed by atoms with Crippen LogP contribution in [0.3, 0.4) is 0 Å². The van der Waals surface area contributed by atoms with Crippen molar-refractivity contribution < 1.29 is 4.39 Å². The SMILES string of the molecule is Fc1ccccc1P1c2ccccc2Pc2ccccc2Pc2ccccc21. The lowest BCUT2D eigenvalue weighted by Gasteiger charge is -2.23. The maximum absolute atomic E-state index is 15.0. The molecule has 0 nitrogen and oxygen atoms in total. The van der Waals surface area contributed by atoms with Crippen molar-refractivity contribution in [2.75, 3.05) is 0 Å². The highest BCUT2D eigenvalue weighted by molar-refractivity contribution is 7.83. The fourth-order valence-corrected chi connectivity index (χ4v) is 9.50. The van der Waals surface area contributed by atoms with Crippen LogP contribution < -0.4 is 37.1 Å². The summed E-state index contributed by atoms with van der Waals surface area (Å²) in [5, 5.41) is 8.81. The van der Waals surface area contributed by atoms with Gasteiger partial charge in [-0.15, -0.1) is 0 Å². The number of benzene rings is 4. The molecule has 0 fully saturated rings. The molecule has 0 aromatic heterocycles. The Balaban J connectivity index is 1.84. The summed E-state index contributed by atoms with van der Waals surface area (Å²) in [4.78, 5) is 0. The molecule has 0 saturated heterocycles. The number of hydrogen-bond donors (Lipinski definition) is 0. The summed E-state index contributed by atoms with van der Waals surface area (Å²) >= 11 is 0. The van der Waals surface area contributed by atoms with E-state index in [0.29, 0.717) is 17.2 Å². The van der Waals surface area contributed by atoms with E-state index < -0.39 is 7.92 Å². The average molecular weight is 418 g/mol. The second-order valence-electron chi connectivity index (χ2n) is 6.62. The van der Waals surface area contributed by atoms with Gasteiger partial charge >= 0.3 is 0 Å². The first-order chi connectivity index (χ1) is 13.8. The van der Waals surface area contributed by atoms with E-state index in [-0.39, 0.29) is 5.82 Å². The zero-order chi connectivity index (χ0) is 18.9. The van der Waals surface area contributed by atoms with E-state index >= 15 is 0 Å². The van der Waals surface area contributed by atoms with Gasteiger partial charge in [0.15, 0.2) is 0 Å². The zero-order valence-corrected chi connectivity index (χ0v) is 18.0. The van der Waals surface area contributed by atoms with Gasteiger partial charge in [0.2, 0.25) is 0 Å². The summed E-state index contributed by atoms with van der Waals surface area (Å²) in [6.45, 7) is 0. The molecular weight excluding hydrogens is 400 g/mol. The largest absolute Gasteiger partial charge is 0.206 e. The summed E-state index contributed by atoms with van der Waals surface area (Å²) in [5.41, 5.74) is 0. The van der Waals surface area contributed by atoms with E-state index in [1.54, 1.807) is 12.1 Å². The van der Waals surface area contributed by atoms with Crippen LogP contribution in [0.25, 0.3) is 0 Å². The van der Waals surface area contributed by atoms with Crippen molar-refractivity contribution in [3.05, 3.63) is 103 Å². The van der Waals surface area contributed by atoms with Crippen molar-refractivity contribution in [2.24, 2.45) is 0 Å². The molecule has 2 unspecified atom stereocenters. The van der Waals surface area contributed by atoms with Crippen LogP contribution in [0.1, 0.15) is 0 Å². The number of fused-ring (bicyclic) bond motifs is 3. The molecule has 4 aromatic carbocycles. The first kappa shape index (κ1) is 18.1. The third kappa shape index (κ3) is 3.33. The molecule has 1 heterocycles. The van der Waals surface area contributed by atoms with Gasteiger partial charge in [-0.25, -0.2) is 4.39 Å². The highest BCUT2D eigenvalue weighted by Gasteiger charge is 2.26. The summed E-state index contributed by atoms with van der Waals surface area (Å²) in [6, 6.07) is 33.3. The molecule has 136 valence electrons. The quantitative estimate of drug-likeness (QED) is 0.367. The maximum atomic E-state index is 15.0. The minimum absolute atomic E-state index is 0.110. The van der Waals surface area contributed by atoms with Gasteiger partial charge in [-0.05, 0) is 45.8 Å². The van der Waals surface area contributed by atoms with E-state index in [0.717, 1.165) is 5.30 Å². The Hall–Kier alpha value is -1.90. The topological polar surface area (TPSA) is 0 Å². The Labute approximate surface area is 169 Å². The molecule has 0 saturated carbocycles. The predicted octanol–water partition coefficient (Wildman–Crippen LogP) is 3.16. The normalized spacial score (nSPS) is 17.1. The van der Waals surface area contributed by atoms with Crippen LogP contribution in [-0.4, -0.2) is 0 Å². The van der Waals surface area contributed by atoms with Gasteiger partial charge in [0.05, 0.1) is 0 Å². The summed E-state index contributed by atoms with van der Waals surface area (Å²) in [5.74, 6) is -0.110. The van der Waals surface area contributed by atoms with Crippen LogP contribution in [0.4, 0.5) is 4.39 Å². The monoisotopic (exact) mass is 418 g/mol. The van der Waals surface area contributed by atoms with Gasteiger partial charge in [0, 0.05) is 5.30 Å². The van der Waals surface area contributed by atoms with Gasteiger partial charge in [0.1, 0.15) is 5.82 Å². The molecule has 5 rings (SSSR count). The van der Waals surface area contributed by atoms with Crippen molar-refractivity contribution in [2.45, 2.75) is 0 Å². The summed E-state index contributed by atoms with van der Waals surface area (Å²) in [7, 11) is 0.225. The molecule has 0 bridgehead atoms. The van der Waals surface area contributed by atoms with Crippen LogP contribution in [0.5, 0.6) is 0 Å². The minimum Gasteiger partial charge on any atom is -0.206 e. The summed E-state index contributed by atoms with van der Waals surface area (Å²) < 4.78 is 15.0. The lowest BCUT2D eigenvalue weighted by molar-refractivity contribution is 0.636. The average Bonchev–Trinajstić information content (AvgIpc) is 2.78. The molecule has 28 heavy (non-hydrogen) atoms. The van der Waals surface area contributed by atoms with E-state index in [1.165, 1.54) is 31.8 Å². The molecule has 0 radical (unpaired) electrons. The van der Waals surface area contributed by atoms with Crippen molar-refractivity contribution in [3.8, 4) is 0 Å². The van der Waals surface area contributed by atoms with Crippen molar-refractivity contribution >= 4 is 62.2 Å². The second-order valence-corrected chi connectivity index (χ2v) is 11.4. The number of hydrogen-bond acceptors (Lipinski definition) is 0. The smallest absolute Gasteiger partial charge is 0.131 e. The van der Waals surface area contributed by atoms with Gasteiger partial charge in [-0.3, -0.25) is 0 Å². The highest BCUT2D eigenvalue weighted by atomic mass is 31.1. The van der Waals surface area contributed by atoms with Gasteiger partial charge < -0.3 is 0 Å². The number of halogens is 1. The lowest BCUT2D eigenvalue weighted by atomic mass is 10.3. The van der Waals surface area contributed by atoms with Crippen molar-refractivity contribution in [1.29, 1.82) is 0 Å². The van der Waals surface area contributed by atoms with Gasteiger partial charge in [-0.1, -0.05) is 108 Å². The van der Waals surface area contributed by atoms with E-state index in [2.05, 4.69) is 72.8 Å². The first-order valence-electron chi connectivity index (χ1n) is 9.17. The third-order valence-corrected chi connectivity index (χ3v) is 10.9. The maximum Gasteiger partial charge on any atom is 0.131 e. The molecule has 0 spiro atoms. The first-order valence-corrected chi connectivity index (χ1v) is 12.5. The second kappa shape index (κ2) is 7.85. The highest BCUT2D eigenvalue weighted by Crippen LogP contribution is 2.36. The Morgan fingerprint density at radius 3 is 1.36 bits per heavy atom. The van der Waals surface area contributed by atoms with Crippen LogP contribution in [-0.2, 0) is 0 Å². The molecule has 0 aliphatic carbocycles. The Morgan fingerprint density at radius 2 is 0.857 bits per heavy atom. The Morgan fingerprint density at radius 1 is 0.464 bits per heavy atom. The van der Waals surface area contributed by atoms with Crippen molar-refractivity contribution in [3.63, 3.8) is 0 Å². The minimum atomic E-state index is -0.944. The Kier molecular flexibility index (Phi) is 5.09. The standard InChI is InChI=1S/C24H18FP3/c25-17-9-1-6-14-22(17)28-23-15-7-4-12-20(23)26-18-10-2-3-11-19(18)27-21-13-5-8-16-24(21)28/h1-16,26-27H. The molecule has 1 aliphatic heterocycles. The lowest BCUT2D eigenvalue weighted by Crippen LogP contribution is -2.34. The molecular formula is C24H18FP3. The van der Waals surface area contributed by atoms with Crippen LogP contribution in [0, 0.1) is 5.82 Å². The molecule has 2 atom stereocenters. The molecule has 0 N–H and O–H groups in total. The fourth-order valence-electron chi connectivity index (χ4n) is 3.56. The van der Waals surface area contributed by atoms with E-state index in [4.69, 9.17) is 0 Å². The zero-order valence-electron chi connectivity index (χ0n) is 15.1. The number of rotatable bonds is 1. The Bertz CT molecular complexity index is 1090. The fraction of sp³-hybridized carbons (Fsp3) is 0. The van der Waals surface area contributed by atoms with Gasteiger partial charge in [-0.2, -0.15) is 0 Å². The van der Waals surface area contributed by atoms with E-state index in [9.17, 15) is 4.39 Å².